The summed E-state index contributed by atoms with van der Waals surface area (Å²) in [6, 6.07) is 7.83. The van der Waals surface area contributed by atoms with E-state index >= 15 is 0 Å². The van der Waals surface area contributed by atoms with E-state index in [1.807, 2.05) is 48.8 Å². The summed E-state index contributed by atoms with van der Waals surface area (Å²) in [6.45, 7) is 4.64. The van der Waals surface area contributed by atoms with E-state index < -0.39 is 16.1 Å². The molecule has 0 spiro atoms. The van der Waals surface area contributed by atoms with Crippen LogP contribution in [0.2, 0.25) is 0 Å². The lowest BCUT2D eigenvalue weighted by molar-refractivity contribution is -0.668. The van der Waals surface area contributed by atoms with Gasteiger partial charge in [-0.2, -0.15) is 13.0 Å². The number of rotatable bonds is 8. The Morgan fingerprint density at radius 3 is 2.70 bits per heavy atom. The molecule has 1 aliphatic rings. The molecule has 0 aliphatic carbocycles. The Morgan fingerprint density at radius 1 is 1.27 bits per heavy atom. The van der Waals surface area contributed by atoms with Gasteiger partial charge in [0, 0.05) is 16.5 Å². The van der Waals surface area contributed by atoms with Crippen LogP contribution in [0.1, 0.15) is 24.1 Å². The molecule has 1 aromatic carbocycles. The van der Waals surface area contributed by atoms with Gasteiger partial charge in [-0.05, 0) is 66.0 Å². The second-order valence-corrected chi connectivity index (χ2v) is 11.4. The van der Waals surface area contributed by atoms with Crippen LogP contribution in [0.3, 0.4) is 0 Å². The Morgan fingerprint density at radius 2 is 2.03 bits per heavy atom. The van der Waals surface area contributed by atoms with E-state index in [4.69, 9.17) is 8.97 Å². The number of hydrogen-bond acceptors (Lipinski definition) is 7. The van der Waals surface area contributed by atoms with Crippen LogP contribution in [0.15, 0.2) is 34.5 Å². The number of thiazole rings is 1. The molecule has 33 heavy (non-hydrogen) atoms. The molecule has 3 aromatic rings. The molecule has 1 aliphatic heterocycles. The van der Waals surface area contributed by atoms with E-state index in [9.17, 15) is 18.3 Å². The molecular weight excluding hydrogens is 581 g/mol. The van der Waals surface area contributed by atoms with Gasteiger partial charge >= 0.3 is 5.97 Å². The highest BCUT2D eigenvalue weighted by atomic mass is 127. The maximum Gasteiger partial charge on any atom is 0.323 e. The third-order valence-corrected chi connectivity index (χ3v) is 7.78. The largest absolute Gasteiger partial charge is 0.480 e. The minimum absolute atomic E-state index is 0.196. The quantitative estimate of drug-likeness (QED) is 0.227. The number of carboxylic acid groups (broad SMARTS) is 1. The van der Waals surface area contributed by atoms with Crippen molar-refractivity contribution in [2.75, 3.05) is 28.6 Å². The number of carboxylic acids is 1. The Bertz CT molecular complexity index is 1360. The van der Waals surface area contributed by atoms with Crippen LogP contribution in [-0.4, -0.2) is 42.9 Å². The van der Waals surface area contributed by atoms with E-state index in [0.717, 1.165) is 37.1 Å². The summed E-state index contributed by atoms with van der Waals surface area (Å²) >= 11 is 3.62. The summed E-state index contributed by atoms with van der Waals surface area (Å²) in [5.41, 5.74) is 2.59. The fourth-order valence-corrected chi connectivity index (χ4v) is 6.06. The summed E-state index contributed by atoms with van der Waals surface area (Å²) in [6.07, 6.45) is 2.15. The third-order valence-electron chi connectivity index (χ3n) is 5.28. The van der Waals surface area contributed by atoms with Crippen LogP contribution in [0, 0.1) is 10.5 Å². The molecule has 3 heterocycles. The van der Waals surface area contributed by atoms with Crippen LogP contribution < -0.4 is 14.4 Å². The fourth-order valence-electron chi connectivity index (χ4n) is 3.99. The molecule has 2 N–H and O–H groups in total. The average molecular weight is 604 g/mol. The van der Waals surface area contributed by atoms with Gasteiger partial charge in [0.2, 0.25) is 0 Å². The molecule has 0 fully saturated rings. The number of aromatic nitrogens is 1. The molecule has 0 saturated heterocycles. The molecule has 0 saturated carbocycles. The number of fused-ring (bicyclic) bond motifs is 2. The lowest BCUT2D eigenvalue weighted by Crippen LogP contribution is -2.37. The number of furan rings is 1. The predicted molar refractivity (Wildman–Crippen MR) is 135 cm³/mol. The minimum atomic E-state index is -4.07. The lowest BCUT2D eigenvalue weighted by Gasteiger charge is -2.22. The van der Waals surface area contributed by atoms with Gasteiger partial charge in [0.25, 0.3) is 25.5 Å². The summed E-state index contributed by atoms with van der Waals surface area (Å²) in [4.78, 5) is 16.2. The zero-order valence-corrected chi connectivity index (χ0v) is 21.8. The Hall–Kier alpha value is -2.16. The highest BCUT2D eigenvalue weighted by Crippen LogP contribution is 2.43. The van der Waals surface area contributed by atoms with Crippen LogP contribution in [0.4, 0.5) is 11.4 Å². The maximum atomic E-state index is 11.7. The van der Waals surface area contributed by atoms with Crippen molar-refractivity contribution in [3.05, 3.63) is 44.4 Å². The molecular formula is C21H23IN3O6S2+. The average Bonchev–Trinajstić information content (AvgIpc) is 3.31. The van der Waals surface area contributed by atoms with E-state index in [-0.39, 0.29) is 18.7 Å². The number of aliphatic carboxylic acids is 1. The smallest absolute Gasteiger partial charge is 0.323 e. The Kier molecular flexibility index (Phi) is 6.71. The first-order valence-electron chi connectivity index (χ1n) is 10.2. The normalized spacial score (nSPS) is 15.1. The molecule has 0 amide bonds. The first-order valence-corrected chi connectivity index (χ1v) is 13.7. The van der Waals surface area contributed by atoms with Crippen molar-refractivity contribution in [1.82, 2.24) is 0 Å². The van der Waals surface area contributed by atoms with Crippen molar-refractivity contribution in [2.24, 2.45) is 0 Å². The van der Waals surface area contributed by atoms with Crippen LogP contribution >= 0.6 is 33.9 Å². The Balaban J connectivity index is 1.82. The van der Waals surface area contributed by atoms with E-state index in [2.05, 4.69) is 27.5 Å². The van der Waals surface area contributed by atoms with Gasteiger partial charge in [0.05, 0.1) is 29.3 Å². The predicted octanol–water partition coefficient (Wildman–Crippen LogP) is 3.70. The number of benzene rings is 1. The molecule has 12 heteroatoms. The van der Waals surface area contributed by atoms with E-state index in [1.165, 1.54) is 11.3 Å². The highest BCUT2D eigenvalue weighted by Gasteiger charge is 2.34. The summed E-state index contributed by atoms with van der Waals surface area (Å²) in [5, 5.41) is 10.4. The number of halogens is 1. The second-order valence-electron chi connectivity index (χ2n) is 7.62. The van der Waals surface area contributed by atoms with Crippen molar-refractivity contribution in [3.8, 4) is 0 Å². The van der Waals surface area contributed by atoms with Crippen LogP contribution in [0.25, 0.3) is 16.5 Å². The highest BCUT2D eigenvalue weighted by molar-refractivity contribution is 14.1. The zero-order valence-electron chi connectivity index (χ0n) is 18.0. The summed E-state index contributed by atoms with van der Waals surface area (Å²) < 4.78 is 40.3. The first kappa shape index (κ1) is 24.0. The number of anilines is 2. The topological polar surface area (TPSA) is 115 Å². The Labute approximate surface area is 208 Å². The third kappa shape index (κ3) is 5.03. The number of aryl methyl sites for hydroxylation is 2. The van der Waals surface area contributed by atoms with Crippen molar-refractivity contribution >= 4 is 77.9 Å². The second kappa shape index (κ2) is 9.24. The van der Waals surface area contributed by atoms with Gasteiger partial charge in [-0.1, -0.05) is 0 Å². The summed E-state index contributed by atoms with van der Waals surface area (Å²) in [7, 11) is -4.07. The van der Waals surface area contributed by atoms with Gasteiger partial charge < -0.3 is 19.3 Å². The van der Waals surface area contributed by atoms with Gasteiger partial charge in [-0.25, -0.2) is 0 Å². The molecule has 176 valence electrons. The first-order chi connectivity index (χ1) is 15.6. The van der Waals surface area contributed by atoms with Crippen molar-refractivity contribution < 1.29 is 31.9 Å². The van der Waals surface area contributed by atoms with Gasteiger partial charge in [0.15, 0.2) is 6.54 Å². The van der Waals surface area contributed by atoms with E-state index in [0.29, 0.717) is 18.0 Å². The van der Waals surface area contributed by atoms with Crippen LogP contribution in [-0.2, 0) is 21.5 Å². The van der Waals surface area contributed by atoms with Crippen molar-refractivity contribution in [1.29, 1.82) is 0 Å². The van der Waals surface area contributed by atoms with Crippen molar-refractivity contribution in [3.63, 3.8) is 0 Å². The van der Waals surface area contributed by atoms with Gasteiger partial charge in [-0.3, -0.25) is 9.35 Å². The zero-order chi connectivity index (χ0) is 23.9. The monoisotopic (exact) mass is 604 g/mol. The molecule has 9 nitrogen and oxygen atoms in total. The lowest BCUT2D eigenvalue weighted by atomic mass is 10.2. The number of hydrogen-bond donors (Lipinski definition) is 2. The minimum Gasteiger partial charge on any atom is -0.480 e. The maximum absolute atomic E-state index is 11.7. The number of carbonyl (C=O) groups is 1. The summed E-state index contributed by atoms with van der Waals surface area (Å²) in [5.74, 6) is 0.172. The number of nitrogens with zero attached hydrogens (tertiary/aromatic N) is 3. The molecule has 0 bridgehead atoms. The molecule has 0 unspecified atom stereocenters. The van der Waals surface area contributed by atoms with Crippen LogP contribution in [0.5, 0.6) is 0 Å². The van der Waals surface area contributed by atoms with Crippen molar-refractivity contribution in [2.45, 2.75) is 26.8 Å². The SMILES string of the molecule is CCN1C(=Cc2sc3oc(C)cc3[n+]2CCCS(=O)(=O)O)N(CC(=O)O)c2cc(I)ccc21. The standard InChI is InChI=1S/C21H22IN3O6S2/c1-3-23-15-6-5-14(22)10-16(15)25(12-20(26)27)18(23)11-19-24(7-4-8-33(28,29)30)17-9-13(2)31-21(17)32-19/h5-6,9-11H,3-4,7-8,12H2,1-2H3,(H-,26,27,28,29,30)/p+1. The van der Waals surface area contributed by atoms with E-state index in [1.54, 1.807) is 4.90 Å². The van der Waals surface area contributed by atoms with Gasteiger partial charge in [0.1, 0.15) is 18.1 Å². The fraction of sp³-hybridized carbons (Fsp3) is 0.333. The molecule has 4 rings (SSSR count). The molecule has 0 radical (unpaired) electrons. The van der Waals surface area contributed by atoms with Gasteiger partial charge in [-0.15, -0.1) is 0 Å². The molecule has 0 atom stereocenters. The molecule has 2 aromatic heterocycles.